The third-order valence-corrected chi connectivity index (χ3v) is 13.5. The maximum atomic E-state index is 11.9. The van der Waals surface area contributed by atoms with E-state index in [9.17, 15) is 4.79 Å². The molecule has 0 bridgehead atoms. The first-order valence-electron chi connectivity index (χ1n) is 12.6. The Morgan fingerprint density at radius 1 is 0.861 bits per heavy atom. The van der Waals surface area contributed by atoms with Gasteiger partial charge in [0.2, 0.25) is 0 Å². The molecule has 3 aromatic carbocycles. The second kappa shape index (κ2) is 12.0. The summed E-state index contributed by atoms with van der Waals surface area (Å²) in [4.78, 5) is 11.9. The molecule has 0 spiro atoms. The fraction of sp³-hybridized carbons (Fsp3) is 0.367. The number of carbonyl (C=O) groups excluding carboxylic acids is 1. The monoisotopic (exact) mass is 523 g/mol. The smallest absolute Gasteiger partial charge is 0.258 e. The highest BCUT2D eigenvalue weighted by Gasteiger charge is 2.47. The fourth-order valence-corrected chi connectivity index (χ4v) is 10.7. The van der Waals surface area contributed by atoms with Gasteiger partial charge >= 0.3 is 0 Å². The SMILES string of the molecule is Cc1c(Nc2c(C=O)cccc2OCc2ccccc2)ccc(O[Si](C(C)C)(C(C)C)C(C)C)c1Cl. The van der Waals surface area contributed by atoms with E-state index in [4.69, 9.17) is 20.8 Å². The van der Waals surface area contributed by atoms with Crippen LogP contribution < -0.4 is 14.5 Å². The number of hydrogen-bond acceptors (Lipinski definition) is 4. The first kappa shape index (κ1) is 27.8. The molecule has 0 aliphatic rings. The molecule has 0 unspecified atom stereocenters. The van der Waals surface area contributed by atoms with Gasteiger partial charge in [-0.05, 0) is 58.9 Å². The van der Waals surface area contributed by atoms with Crippen molar-refractivity contribution in [3.63, 3.8) is 0 Å². The van der Waals surface area contributed by atoms with Gasteiger partial charge in [-0.3, -0.25) is 4.79 Å². The Labute approximate surface area is 222 Å². The zero-order valence-electron chi connectivity index (χ0n) is 22.4. The number of anilines is 2. The molecule has 0 aliphatic carbocycles. The van der Waals surface area contributed by atoms with Gasteiger partial charge in [-0.2, -0.15) is 0 Å². The van der Waals surface area contributed by atoms with E-state index in [-0.39, 0.29) is 0 Å². The van der Waals surface area contributed by atoms with Crippen molar-refractivity contribution in [2.75, 3.05) is 5.32 Å². The number of nitrogens with one attached hydrogen (secondary N) is 1. The van der Waals surface area contributed by atoms with Gasteiger partial charge in [-0.25, -0.2) is 0 Å². The van der Waals surface area contributed by atoms with Gasteiger partial charge < -0.3 is 14.5 Å². The van der Waals surface area contributed by atoms with E-state index >= 15 is 0 Å². The topological polar surface area (TPSA) is 47.6 Å². The van der Waals surface area contributed by atoms with Crippen molar-refractivity contribution in [2.45, 2.75) is 71.7 Å². The largest absolute Gasteiger partial charge is 0.542 e. The number of benzene rings is 3. The first-order valence-corrected chi connectivity index (χ1v) is 15.1. The quantitative estimate of drug-likeness (QED) is 0.201. The highest BCUT2D eigenvalue weighted by molar-refractivity contribution is 6.78. The normalized spacial score (nSPS) is 11.8. The molecule has 0 radical (unpaired) electrons. The average Bonchev–Trinajstić information content (AvgIpc) is 2.85. The predicted molar refractivity (Wildman–Crippen MR) is 154 cm³/mol. The summed E-state index contributed by atoms with van der Waals surface area (Å²) in [7, 11) is -2.15. The van der Waals surface area contributed by atoms with Crippen LogP contribution in [-0.2, 0) is 6.61 Å². The Bertz CT molecular complexity index is 1160. The number of halogens is 1. The van der Waals surface area contributed by atoms with Crippen molar-refractivity contribution >= 4 is 37.6 Å². The lowest BCUT2D eigenvalue weighted by Crippen LogP contribution is -2.50. The van der Waals surface area contributed by atoms with Crippen LogP contribution in [0.15, 0.2) is 60.7 Å². The van der Waals surface area contributed by atoms with Crippen molar-refractivity contribution in [1.82, 2.24) is 0 Å². The summed E-state index contributed by atoms with van der Waals surface area (Å²) >= 11 is 6.90. The van der Waals surface area contributed by atoms with Gasteiger partial charge in [-0.15, -0.1) is 0 Å². The number of ether oxygens (including phenoxy) is 1. The number of carbonyl (C=O) groups is 1. The second-order valence-corrected chi connectivity index (χ2v) is 16.0. The second-order valence-electron chi connectivity index (χ2n) is 10.2. The highest BCUT2D eigenvalue weighted by Crippen LogP contribution is 2.45. The number of rotatable bonds is 11. The van der Waals surface area contributed by atoms with Crippen LogP contribution in [0.3, 0.4) is 0 Å². The molecule has 0 atom stereocenters. The zero-order chi connectivity index (χ0) is 26.5. The number of para-hydroxylation sites is 1. The summed E-state index contributed by atoms with van der Waals surface area (Å²) in [6.07, 6.45) is 0.833. The molecular weight excluding hydrogens is 486 g/mol. The van der Waals surface area contributed by atoms with E-state index in [0.717, 1.165) is 28.8 Å². The van der Waals surface area contributed by atoms with Crippen LogP contribution >= 0.6 is 11.6 Å². The molecule has 0 aliphatic heterocycles. The summed E-state index contributed by atoms with van der Waals surface area (Å²) < 4.78 is 13.0. The molecule has 0 saturated heterocycles. The summed E-state index contributed by atoms with van der Waals surface area (Å²) in [6, 6.07) is 19.3. The van der Waals surface area contributed by atoms with Gasteiger partial charge in [-0.1, -0.05) is 89.5 Å². The van der Waals surface area contributed by atoms with E-state index < -0.39 is 8.32 Å². The van der Waals surface area contributed by atoms with Crippen molar-refractivity contribution in [3.8, 4) is 11.5 Å². The van der Waals surface area contributed by atoms with Crippen LogP contribution in [-0.4, -0.2) is 14.6 Å². The van der Waals surface area contributed by atoms with Crippen LogP contribution in [0.1, 0.15) is 63.0 Å². The first-order chi connectivity index (χ1) is 17.1. The molecule has 192 valence electrons. The van der Waals surface area contributed by atoms with Crippen LogP contribution in [0.25, 0.3) is 0 Å². The van der Waals surface area contributed by atoms with Crippen LogP contribution in [0.2, 0.25) is 21.6 Å². The maximum Gasteiger partial charge on any atom is 0.258 e. The lowest BCUT2D eigenvalue weighted by molar-refractivity contribution is 0.112. The molecule has 0 aromatic heterocycles. The van der Waals surface area contributed by atoms with Crippen molar-refractivity contribution in [3.05, 3.63) is 82.4 Å². The molecule has 4 nitrogen and oxygen atoms in total. The number of aldehydes is 1. The molecule has 0 saturated carbocycles. The molecular formula is C30H38ClNO3Si. The van der Waals surface area contributed by atoms with Crippen LogP contribution in [0.5, 0.6) is 11.5 Å². The van der Waals surface area contributed by atoms with Crippen molar-refractivity contribution in [1.29, 1.82) is 0 Å². The summed E-state index contributed by atoms with van der Waals surface area (Å²) in [5, 5.41) is 4.00. The van der Waals surface area contributed by atoms with Gasteiger partial charge in [0.05, 0.1) is 10.7 Å². The molecule has 3 aromatic rings. The summed E-state index contributed by atoms with van der Waals surface area (Å²) in [5.74, 6) is 1.33. The number of hydrogen-bond donors (Lipinski definition) is 1. The fourth-order valence-electron chi connectivity index (χ4n) is 5.19. The minimum atomic E-state index is -2.15. The molecule has 0 heterocycles. The third kappa shape index (κ3) is 5.79. The summed E-state index contributed by atoms with van der Waals surface area (Å²) in [6.45, 7) is 15.9. The molecule has 3 rings (SSSR count). The molecule has 0 fully saturated rings. The Morgan fingerprint density at radius 2 is 1.50 bits per heavy atom. The lowest BCUT2D eigenvalue weighted by atomic mass is 10.1. The molecule has 1 N–H and O–H groups in total. The minimum Gasteiger partial charge on any atom is -0.542 e. The van der Waals surface area contributed by atoms with Crippen LogP contribution in [0.4, 0.5) is 11.4 Å². The van der Waals surface area contributed by atoms with E-state index in [0.29, 0.717) is 45.3 Å². The van der Waals surface area contributed by atoms with E-state index in [2.05, 4.69) is 46.9 Å². The Morgan fingerprint density at radius 3 is 2.08 bits per heavy atom. The zero-order valence-corrected chi connectivity index (χ0v) is 24.1. The summed E-state index contributed by atoms with van der Waals surface area (Å²) in [5.41, 5.74) is 5.17. The lowest BCUT2D eigenvalue weighted by Gasteiger charge is -2.42. The highest BCUT2D eigenvalue weighted by atomic mass is 35.5. The third-order valence-electron chi connectivity index (χ3n) is 7.03. The van der Waals surface area contributed by atoms with Crippen molar-refractivity contribution in [2.24, 2.45) is 0 Å². The Balaban J connectivity index is 1.94. The van der Waals surface area contributed by atoms with E-state index in [1.165, 1.54) is 0 Å². The van der Waals surface area contributed by atoms with Gasteiger partial charge in [0, 0.05) is 11.3 Å². The Hall–Kier alpha value is -2.76. The van der Waals surface area contributed by atoms with E-state index in [1.807, 2.05) is 61.5 Å². The minimum absolute atomic E-state index is 0.399. The molecule has 6 heteroatoms. The molecule has 0 amide bonds. The van der Waals surface area contributed by atoms with Gasteiger partial charge in [0.25, 0.3) is 8.32 Å². The predicted octanol–water partition coefficient (Wildman–Crippen LogP) is 9.34. The van der Waals surface area contributed by atoms with Gasteiger partial charge in [0.15, 0.2) is 6.29 Å². The van der Waals surface area contributed by atoms with E-state index in [1.54, 1.807) is 6.07 Å². The van der Waals surface area contributed by atoms with Crippen molar-refractivity contribution < 1.29 is 14.0 Å². The van der Waals surface area contributed by atoms with Crippen LogP contribution in [0, 0.1) is 6.92 Å². The molecule has 36 heavy (non-hydrogen) atoms. The maximum absolute atomic E-state index is 11.9. The Kier molecular flexibility index (Phi) is 9.26. The average molecular weight is 524 g/mol. The standard InChI is InChI=1S/C30H38ClNO3Si/c1-20(2)36(21(3)4,22(5)6)35-27-17-16-26(23(7)29(27)31)32-30-25(18-33)14-11-15-28(30)34-19-24-12-9-8-10-13-24/h8-18,20-22,32H,19H2,1-7H3. The van der Waals surface area contributed by atoms with Gasteiger partial charge in [0.1, 0.15) is 18.1 Å².